The van der Waals surface area contributed by atoms with Crippen molar-refractivity contribution in [2.45, 2.75) is 33.1 Å². The third-order valence-corrected chi connectivity index (χ3v) is 5.20. The van der Waals surface area contributed by atoms with Crippen LogP contribution in [0.3, 0.4) is 0 Å². The first-order valence-corrected chi connectivity index (χ1v) is 10.8. The highest BCUT2D eigenvalue weighted by molar-refractivity contribution is 5.97. The molecule has 1 atom stereocenters. The number of hydrogen-bond acceptors (Lipinski definition) is 5. The van der Waals surface area contributed by atoms with Crippen LogP contribution in [0.4, 0.5) is 11.4 Å². The molecule has 0 aliphatic carbocycles. The van der Waals surface area contributed by atoms with Crippen LogP contribution in [0.1, 0.15) is 38.7 Å². The first kappa shape index (κ1) is 22.0. The van der Waals surface area contributed by atoms with Gasteiger partial charge in [-0.2, -0.15) is 0 Å². The summed E-state index contributed by atoms with van der Waals surface area (Å²) in [6, 6.07) is 13.7. The van der Waals surface area contributed by atoms with E-state index in [2.05, 4.69) is 10.2 Å². The average Bonchev–Trinajstić information content (AvgIpc) is 2.77. The van der Waals surface area contributed by atoms with E-state index in [1.165, 1.54) is 0 Å². The van der Waals surface area contributed by atoms with Crippen molar-refractivity contribution in [3.63, 3.8) is 0 Å². The van der Waals surface area contributed by atoms with Crippen molar-refractivity contribution in [3.05, 3.63) is 48.0 Å². The van der Waals surface area contributed by atoms with E-state index >= 15 is 0 Å². The molecule has 1 aliphatic heterocycles. The van der Waals surface area contributed by atoms with Crippen LogP contribution in [-0.2, 0) is 9.53 Å². The first-order valence-electron chi connectivity index (χ1n) is 10.8. The summed E-state index contributed by atoms with van der Waals surface area (Å²) in [5.41, 5.74) is 2.61. The van der Waals surface area contributed by atoms with Gasteiger partial charge in [-0.15, -0.1) is 0 Å². The predicted molar refractivity (Wildman–Crippen MR) is 120 cm³/mol. The van der Waals surface area contributed by atoms with Gasteiger partial charge in [0.05, 0.1) is 43.7 Å². The van der Waals surface area contributed by atoms with E-state index in [0.29, 0.717) is 44.3 Å². The van der Waals surface area contributed by atoms with Crippen molar-refractivity contribution < 1.29 is 19.0 Å². The molecule has 0 unspecified atom stereocenters. The van der Waals surface area contributed by atoms with Crippen LogP contribution < -0.4 is 19.7 Å². The highest BCUT2D eigenvalue weighted by Gasteiger charge is 2.23. The lowest BCUT2D eigenvalue weighted by Crippen LogP contribution is -2.36. The molecule has 3 rings (SSSR count). The molecule has 0 spiro atoms. The number of benzene rings is 2. The number of morpholine rings is 1. The first-order chi connectivity index (χ1) is 14.7. The Labute approximate surface area is 179 Å². The molecule has 0 bridgehead atoms. The van der Waals surface area contributed by atoms with Crippen molar-refractivity contribution in [2.75, 3.05) is 49.7 Å². The second kappa shape index (κ2) is 10.9. The lowest BCUT2D eigenvalue weighted by Gasteiger charge is -2.31. The minimum atomic E-state index is -0.227. The summed E-state index contributed by atoms with van der Waals surface area (Å²) in [5, 5.41) is 3.09. The van der Waals surface area contributed by atoms with Gasteiger partial charge in [0.2, 0.25) is 5.91 Å². The van der Waals surface area contributed by atoms with Gasteiger partial charge >= 0.3 is 0 Å². The van der Waals surface area contributed by atoms with Crippen molar-refractivity contribution in [1.29, 1.82) is 0 Å². The second-order valence-corrected chi connectivity index (χ2v) is 7.14. The van der Waals surface area contributed by atoms with E-state index in [1.807, 2.05) is 63.2 Å². The lowest BCUT2D eigenvalue weighted by atomic mass is 9.95. The Bertz CT molecular complexity index is 819. The monoisotopic (exact) mass is 412 g/mol. The number of rotatable bonds is 9. The molecule has 0 saturated carbocycles. The summed E-state index contributed by atoms with van der Waals surface area (Å²) >= 11 is 0. The Morgan fingerprint density at radius 1 is 1.03 bits per heavy atom. The van der Waals surface area contributed by atoms with Gasteiger partial charge in [0.25, 0.3) is 0 Å². The van der Waals surface area contributed by atoms with Gasteiger partial charge < -0.3 is 24.4 Å². The molecule has 162 valence electrons. The number of carbonyl (C=O) groups excluding carboxylic acids is 1. The Morgan fingerprint density at radius 3 is 2.33 bits per heavy atom. The lowest BCUT2D eigenvalue weighted by molar-refractivity contribution is -0.117. The molecule has 0 radical (unpaired) electrons. The molecule has 2 aromatic rings. The van der Waals surface area contributed by atoms with Crippen molar-refractivity contribution >= 4 is 17.3 Å². The fourth-order valence-corrected chi connectivity index (χ4v) is 3.72. The fraction of sp³-hybridized carbons (Fsp3) is 0.458. The zero-order valence-electron chi connectivity index (χ0n) is 18.1. The van der Waals surface area contributed by atoms with Crippen LogP contribution in [0.2, 0.25) is 0 Å². The number of carbonyl (C=O) groups is 1. The standard InChI is InChI=1S/C24H32N2O4/c1-4-19(18-10-8-7-9-11-18)24(27)25-20-16-23(30-6-3)21(17-22(20)29-5-2)26-12-14-28-15-13-26/h7-11,16-17,19H,4-6,12-15H2,1-3H3,(H,25,27)/t19-/m1/s1. The molecule has 2 aromatic carbocycles. The van der Waals surface area contributed by atoms with Gasteiger partial charge in [-0.3, -0.25) is 4.79 Å². The Morgan fingerprint density at radius 2 is 1.70 bits per heavy atom. The number of amides is 1. The van der Waals surface area contributed by atoms with Crippen LogP contribution >= 0.6 is 0 Å². The molecule has 1 fully saturated rings. The van der Waals surface area contributed by atoms with Gasteiger partial charge in [-0.05, 0) is 25.8 Å². The third-order valence-electron chi connectivity index (χ3n) is 5.20. The van der Waals surface area contributed by atoms with Crippen LogP contribution in [0.5, 0.6) is 11.5 Å². The molecule has 1 heterocycles. The van der Waals surface area contributed by atoms with E-state index in [-0.39, 0.29) is 11.8 Å². The van der Waals surface area contributed by atoms with Gasteiger partial charge in [0, 0.05) is 25.2 Å². The summed E-state index contributed by atoms with van der Waals surface area (Å²) in [5.74, 6) is 1.12. The molecule has 1 saturated heterocycles. The Hall–Kier alpha value is -2.73. The number of nitrogens with zero attached hydrogens (tertiary/aromatic N) is 1. The van der Waals surface area contributed by atoms with E-state index < -0.39 is 0 Å². The maximum atomic E-state index is 13.1. The Kier molecular flexibility index (Phi) is 7.97. The zero-order valence-corrected chi connectivity index (χ0v) is 18.1. The van der Waals surface area contributed by atoms with Crippen LogP contribution in [0.25, 0.3) is 0 Å². The topological polar surface area (TPSA) is 60.0 Å². The highest BCUT2D eigenvalue weighted by atomic mass is 16.5. The number of anilines is 2. The molecule has 0 aromatic heterocycles. The average molecular weight is 413 g/mol. The normalized spacial score (nSPS) is 14.8. The minimum Gasteiger partial charge on any atom is -0.492 e. The van der Waals surface area contributed by atoms with Crippen molar-refractivity contribution in [1.82, 2.24) is 0 Å². The SMILES string of the molecule is CCOc1cc(N2CCOCC2)c(OCC)cc1NC(=O)[C@H](CC)c1ccccc1. The predicted octanol–water partition coefficient (Wildman–Crippen LogP) is 4.45. The van der Waals surface area contributed by atoms with Gasteiger partial charge in [-0.1, -0.05) is 37.3 Å². The maximum absolute atomic E-state index is 13.1. The largest absolute Gasteiger partial charge is 0.492 e. The van der Waals surface area contributed by atoms with Crippen LogP contribution in [0, 0.1) is 0 Å². The number of nitrogens with one attached hydrogen (secondary N) is 1. The highest BCUT2D eigenvalue weighted by Crippen LogP contribution is 2.40. The van der Waals surface area contributed by atoms with Gasteiger partial charge in [0.15, 0.2) is 0 Å². The summed E-state index contributed by atoms with van der Waals surface area (Å²) < 4.78 is 17.3. The molecule has 6 heteroatoms. The van der Waals surface area contributed by atoms with E-state index in [9.17, 15) is 4.79 Å². The molecular formula is C24H32N2O4. The molecular weight excluding hydrogens is 380 g/mol. The van der Waals surface area contributed by atoms with Crippen molar-refractivity contribution in [3.8, 4) is 11.5 Å². The fourth-order valence-electron chi connectivity index (χ4n) is 3.72. The summed E-state index contributed by atoms with van der Waals surface area (Å²) in [4.78, 5) is 15.4. The quantitative estimate of drug-likeness (QED) is 0.659. The number of ether oxygens (including phenoxy) is 3. The molecule has 30 heavy (non-hydrogen) atoms. The van der Waals surface area contributed by atoms with Gasteiger partial charge in [0.1, 0.15) is 11.5 Å². The molecule has 1 N–H and O–H groups in total. The van der Waals surface area contributed by atoms with Crippen LogP contribution in [-0.4, -0.2) is 45.4 Å². The molecule has 1 aliphatic rings. The molecule has 1 amide bonds. The molecule has 6 nitrogen and oxygen atoms in total. The maximum Gasteiger partial charge on any atom is 0.232 e. The van der Waals surface area contributed by atoms with Crippen molar-refractivity contribution in [2.24, 2.45) is 0 Å². The summed E-state index contributed by atoms with van der Waals surface area (Å²) in [7, 11) is 0. The van der Waals surface area contributed by atoms with Crippen LogP contribution in [0.15, 0.2) is 42.5 Å². The smallest absolute Gasteiger partial charge is 0.232 e. The summed E-state index contributed by atoms with van der Waals surface area (Å²) in [6.07, 6.45) is 0.712. The second-order valence-electron chi connectivity index (χ2n) is 7.14. The minimum absolute atomic E-state index is 0.0498. The zero-order chi connectivity index (χ0) is 21.3. The van der Waals surface area contributed by atoms with E-state index in [4.69, 9.17) is 14.2 Å². The Balaban J connectivity index is 1.92. The van der Waals surface area contributed by atoms with E-state index in [0.717, 1.165) is 30.1 Å². The van der Waals surface area contributed by atoms with E-state index in [1.54, 1.807) is 0 Å². The number of hydrogen-bond donors (Lipinski definition) is 1. The third kappa shape index (κ3) is 5.25. The van der Waals surface area contributed by atoms with Gasteiger partial charge in [-0.25, -0.2) is 0 Å². The summed E-state index contributed by atoms with van der Waals surface area (Å²) in [6.45, 7) is 9.93.